The van der Waals surface area contributed by atoms with Crippen molar-refractivity contribution >= 4 is 29.0 Å². The van der Waals surface area contributed by atoms with Crippen LogP contribution in [0.4, 0.5) is 4.79 Å². The van der Waals surface area contributed by atoms with Gasteiger partial charge in [0.05, 0.1) is 4.91 Å². The molecule has 0 radical (unpaired) electrons. The number of benzene rings is 1. The lowest BCUT2D eigenvalue weighted by Crippen LogP contribution is -2.17. The molecule has 18 heavy (non-hydrogen) atoms. The predicted molar refractivity (Wildman–Crippen MR) is 71.2 cm³/mol. The summed E-state index contributed by atoms with van der Waals surface area (Å²) in [6.45, 7) is 4.02. The number of ether oxygens (including phenoxy) is 1. The van der Waals surface area contributed by atoms with E-state index in [2.05, 4.69) is 11.9 Å². The SMILES string of the molecule is C=CCOc1ccc(/C=C2/SC(=O)NC2=O)cc1. The van der Waals surface area contributed by atoms with Crippen LogP contribution in [-0.2, 0) is 4.79 Å². The van der Waals surface area contributed by atoms with Gasteiger partial charge in [-0.1, -0.05) is 24.8 Å². The molecule has 1 saturated heterocycles. The predicted octanol–water partition coefficient (Wildman–Crippen LogP) is 2.58. The molecule has 0 spiro atoms. The number of amides is 2. The zero-order chi connectivity index (χ0) is 13.0. The molecule has 0 unspecified atom stereocenters. The number of imide groups is 1. The molecule has 1 N–H and O–H groups in total. The minimum atomic E-state index is -0.350. The number of thioether (sulfide) groups is 1. The van der Waals surface area contributed by atoms with Gasteiger partial charge in [-0.2, -0.15) is 0 Å². The Labute approximate surface area is 109 Å². The number of hydrogen-bond donors (Lipinski definition) is 1. The van der Waals surface area contributed by atoms with Crippen LogP contribution in [0.3, 0.4) is 0 Å². The van der Waals surface area contributed by atoms with Gasteiger partial charge in [-0.05, 0) is 35.5 Å². The zero-order valence-electron chi connectivity index (χ0n) is 9.51. The highest BCUT2D eigenvalue weighted by Gasteiger charge is 2.24. The minimum Gasteiger partial charge on any atom is -0.490 e. The van der Waals surface area contributed by atoms with Gasteiger partial charge in [0.15, 0.2) is 0 Å². The first-order valence-corrected chi connectivity index (χ1v) is 6.09. The van der Waals surface area contributed by atoms with Crippen molar-refractivity contribution in [3.63, 3.8) is 0 Å². The maximum absolute atomic E-state index is 11.3. The fourth-order valence-electron chi connectivity index (χ4n) is 1.39. The molecule has 0 aliphatic carbocycles. The van der Waals surface area contributed by atoms with E-state index in [4.69, 9.17) is 4.74 Å². The first-order chi connectivity index (χ1) is 8.69. The summed E-state index contributed by atoms with van der Waals surface area (Å²) in [5.74, 6) is 0.383. The summed E-state index contributed by atoms with van der Waals surface area (Å²) >= 11 is 0.904. The van der Waals surface area contributed by atoms with Crippen molar-refractivity contribution in [3.8, 4) is 5.75 Å². The summed E-state index contributed by atoms with van der Waals surface area (Å²) in [6, 6.07) is 7.24. The summed E-state index contributed by atoms with van der Waals surface area (Å²) in [6.07, 6.45) is 3.34. The summed E-state index contributed by atoms with van der Waals surface area (Å²) in [5, 5.41) is 1.87. The third kappa shape index (κ3) is 3.01. The highest BCUT2D eigenvalue weighted by Crippen LogP contribution is 2.26. The number of carbonyl (C=O) groups is 2. The number of rotatable bonds is 4. The fraction of sp³-hybridized carbons (Fsp3) is 0.0769. The molecule has 4 nitrogen and oxygen atoms in total. The number of nitrogens with one attached hydrogen (secondary N) is 1. The van der Waals surface area contributed by atoms with E-state index in [1.54, 1.807) is 24.3 Å². The van der Waals surface area contributed by atoms with Crippen molar-refractivity contribution < 1.29 is 14.3 Å². The highest BCUT2D eigenvalue weighted by atomic mass is 32.2. The van der Waals surface area contributed by atoms with E-state index in [-0.39, 0.29) is 11.1 Å². The van der Waals surface area contributed by atoms with Crippen LogP contribution >= 0.6 is 11.8 Å². The Hall–Kier alpha value is -2.01. The topological polar surface area (TPSA) is 55.4 Å². The van der Waals surface area contributed by atoms with E-state index >= 15 is 0 Å². The lowest BCUT2D eigenvalue weighted by atomic mass is 10.2. The largest absolute Gasteiger partial charge is 0.490 e. The molecule has 0 saturated carbocycles. The molecule has 0 atom stereocenters. The summed E-state index contributed by atoms with van der Waals surface area (Å²) in [5.41, 5.74) is 0.841. The van der Waals surface area contributed by atoms with Crippen LogP contribution in [0, 0.1) is 0 Å². The number of carbonyl (C=O) groups excluding carboxylic acids is 2. The highest BCUT2D eigenvalue weighted by molar-refractivity contribution is 8.18. The average Bonchev–Trinajstić information content (AvgIpc) is 2.67. The van der Waals surface area contributed by atoms with Gasteiger partial charge in [-0.25, -0.2) is 0 Å². The van der Waals surface area contributed by atoms with Crippen molar-refractivity contribution in [2.75, 3.05) is 6.61 Å². The molecule has 2 rings (SSSR count). The van der Waals surface area contributed by atoms with Crippen LogP contribution in [0.25, 0.3) is 6.08 Å². The Morgan fingerprint density at radius 2 is 2.00 bits per heavy atom. The molecule has 0 aromatic heterocycles. The van der Waals surface area contributed by atoms with E-state index in [1.165, 1.54) is 0 Å². The first-order valence-electron chi connectivity index (χ1n) is 5.27. The summed E-state index contributed by atoms with van der Waals surface area (Å²) in [4.78, 5) is 22.7. The lowest BCUT2D eigenvalue weighted by molar-refractivity contribution is -0.115. The van der Waals surface area contributed by atoms with E-state index in [0.717, 1.165) is 23.1 Å². The van der Waals surface area contributed by atoms with Gasteiger partial charge in [-0.3, -0.25) is 14.9 Å². The van der Waals surface area contributed by atoms with Gasteiger partial charge in [0.2, 0.25) is 0 Å². The summed E-state index contributed by atoms with van der Waals surface area (Å²) < 4.78 is 5.34. The quantitative estimate of drug-likeness (QED) is 0.668. The maximum atomic E-state index is 11.3. The van der Waals surface area contributed by atoms with Crippen molar-refractivity contribution in [3.05, 3.63) is 47.4 Å². The van der Waals surface area contributed by atoms with Gasteiger partial charge in [-0.15, -0.1) is 0 Å². The van der Waals surface area contributed by atoms with E-state index in [0.29, 0.717) is 11.5 Å². The van der Waals surface area contributed by atoms with Crippen molar-refractivity contribution in [2.24, 2.45) is 0 Å². The van der Waals surface area contributed by atoms with Crippen LogP contribution in [-0.4, -0.2) is 17.8 Å². The van der Waals surface area contributed by atoms with Crippen LogP contribution < -0.4 is 10.1 Å². The molecule has 1 aromatic rings. The molecule has 0 bridgehead atoms. The fourth-order valence-corrected chi connectivity index (χ4v) is 2.07. The van der Waals surface area contributed by atoms with Crippen LogP contribution in [0.1, 0.15) is 5.56 Å². The van der Waals surface area contributed by atoms with Gasteiger partial charge < -0.3 is 4.74 Å². The smallest absolute Gasteiger partial charge is 0.290 e. The van der Waals surface area contributed by atoms with Crippen molar-refractivity contribution in [1.82, 2.24) is 5.32 Å². The van der Waals surface area contributed by atoms with Crippen molar-refractivity contribution in [1.29, 1.82) is 0 Å². The third-order valence-electron chi connectivity index (χ3n) is 2.19. The van der Waals surface area contributed by atoms with E-state index in [1.807, 2.05) is 12.1 Å². The van der Waals surface area contributed by atoms with Crippen LogP contribution in [0.5, 0.6) is 5.75 Å². The van der Waals surface area contributed by atoms with Gasteiger partial charge in [0.25, 0.3) is 11.1 Å². The molecular weight excluding hydrogens is 250 g/mol. The molecule has 1 aliphatic rings. The zero-order valence-corrected chi connectivity index (χ0v) is 10.3. The first kappa shape index (κ1) is 12.4. The standard InChI is InChI=1S/C13H11NO3S/c1-2-7-17-10-5-3-9(4-6-10)8-11-12(15)14-13(16)18-11/h2-6,8H,1,7H2,(H,14,15,16)/b11-8+. The number of hydrogen-bond acceptors (Lipinski definition) is 4. The molecule has 2 amide bonds. The Kier molecular flexibility index (Phi) is 3.84. The Morgan fingerprint density at radius 1 is 1.28 bits per heavy atom. The van der Waals surface area contributed by atoms with Gasteiger partial charge >= 0.3 is 0 Å². The third-order valence-corrected chi connectivity index (χ3v) is 3.00. The molecule has 1 heterocycles. The Morgan fingerprint density at radius 3 is 2.56 bits per heavy atom. The molecule has 1 aromatic carbocycles. The van der Waals surface area contributed by atoms with Crippen LogP contribution in [0.15, 0.2) is 41.8 Å². The molecule has 1 aliphatic heterocycles. The Balaban J connectivity index is 2.10. The van der Waals surface area contributed by atoms with Crippen LogP contribution in [0.2, 0.25) is 0 Å². The second-order valence-electron chi connectivity index (χ2n) is 3.52. The second-order valence-corrected chi connectivity index (χ2v) is 4.54. The molecule has 92 valence electrons. The minimum absolute atomic E-state index is 0.336. The molecular formula is C13H11NO3S. The Bertz CT molecular complexity index is 520. The molecule has 1 fully saturated rings. The van der Waals surface area contributed by atoms with Gasteiger partial charge in [0, 0.05) is 0 Å². The monoisotopic (exact) mass is 261 g/mol. The lowest BCUT2D eigenvalue weighted by Gasteiger charge is -2.02. The maximum Gasteiger partial charge on any atom is 0.290 e. The van der Waals surface area contributed by atoms with Gasteiger partial charge in [0.1, 0.15) is 12.4 Å². The molecule has 5 heteroatoms. The second kappa shape index (κ2) is 5.55. The normalized spacial score (nSPS) is 16.8. The van der Waals surface area contributed by atoms with E-state index < -0.39 is 0 Å². The average molecular weight is 261 g/mol. The summed E-state index contributed by atoms with van der Waals surface area (Å²) in [7, 11) is 0. The van der Waals surface area contributed by atoms with E-state index in [9.17, 15) is 9.59 Å². The van der Waals surface area contributed by atoms with Crippen molar-refractivity contribution in [2.45, 2.75) is 0 Å².